The summed E-state index contributed by atoms with van der Waals surface area (Å²) in [4.78, 5) is 22.6. The Morgan fingerprint density at radius 3 is 2.26 bits per heavy atom. The van der Waals surface area contributed by atoms with E-state index in [2.05, 4.69) is 15.3 Å². The summed E-state index contributed by atoms with van der Waals surface area (Å²) in [7, 11) is 0. The number of likely N-dealkylation sites (tertiary alicyclic amines) is 1. The maximum atomic E-state index is 12.8. The molecule has 1 amide bonds. The van der Waals surface area contributed by atoms with Crippen LogP contribution in [0.4, 0.5) is 27.8 Å². The van der Waals surface area contributed by atoms with E-state index in [1.54, 1.807) is 13.0 Å². The number of fused-ring (bicyclic) bond motifs is 1. The molecule has 0 aliphatic carbocycles. The van der Waals surface area contributed by atoms with Gasteiger partial charge in [0.05, 0.1) is 5.52 Å². The van der Waals surface area contributed by atoms with E-state index in [1.165, 1.54) is 18.5 Å². The summed E-state index contributed by atoms with van der Waals surface area (Å²) in [5, 5.41) is 10.2. The maximum absolute atomic E-state index is 12.8. The highest BCUT2D eigenvalue weighted by Crippen LogP contribution is 2.26. The van der Waals surface area contributed by atoms with Gasteiger partial charge in [0.25, 0.3) is 6.43 Å². The van der Waals surface area contributed by atoms with Crippen molar-refractivity contribution in [3.8, 4) is 0 Å². The fraction of sp³-hybridized carbons (Fsp3) is 0.550. The van der Waals surface area contributed by atoms with Gasteiger partial charge in [-0.1, -0.05) is 19.9 Å². The van der Waals surface area contributed by atoms with Crippen LogP contribution in [0.2, 0.25) is 0 Å². The molecule has 0 saturated carbocycles. The summed E-state index contributed by atoms with van der Waals surface area (Å²) in [6, 6.07) is 3.84. The summed E-state index contributed by atoms with van der Waals surface area (Å²) in [6.07, 6.45) is -3.00. The number of nitrogens with zero attached hydrogens (tertiary/aromatic N) is 3. The Morgan fingerprint density at radius 1 is 1.13 bits per heavy atom. The quantitative estimate of drug-likeness (QED) is 0.648. The predicted molar refractivity (Wildman–Crippen MR) is 108 cm³/mol. The molecule has 0 spiro atoms. The highest BCUT2D eigenvalue weighted by atomic mass is 19.4. The number of benzene rings is 1. The van der Waals surface area contributed by atoms with E-state index < -0.39 is 18.8 Å². The molecule has 1 aromatic carbocycles. The number of carbonyl (C=O) groups excluding carboxylic acids is 1. The number of piperidine rings is 1. The van der Waals surface area contributed by atoms with Gasteiger partial charge in [0.15, 0.2) is 0 Å². The molecule has 2 heterocycles. The third-order valence-electron chi connectivity index (χ3n) is 4.30. The Labute approximate surface area is 177 Å². The van der Waals surface area contributed by atoms with E-state index >= 15 is 0 Å². The third-order valence-corrected chi connectivity index (χ3v) is 4.30. The monoisotopic (exact) mass is 450 g/mol. The molecule has 6 nitrogen and oxygen atoms in total. The van der Waals surface area contributed by atoms with Gasteiger partial charge in [-0.15, -0.1) is 13.2 Å². The van der Waals surface area contributed by atoms with Crippen LogP contribution in [0.25, 0.3) is 10.9 Å². The van der Waals surface area contributed by atoms with Crippen LogP contribution in [-0.4, -0.2) is 51.4 Å². The third kappa shape index (κ3) is 8.99. The first-order valence-electron chi connectivity index (χ1n) is 9.93. The fourth-order valence-electron chi connectivity index (χ4n) is 2.98. The Bertz CT molecular complexity index is 821. The molecule has 3 rings (SSSR count). The van der Waals surface area contributed by atoms with E-state index in [4.69, 9.17) is 5.11 Å². The van der Waals surface area contributed by atoms with Gasteiger partial charge in [-0.2, -0.15) is 0 Å². The number of nitrogens with one attached hydrogen (secondary N) is 1. The molecule has 174 valence electrons. The number of aromatic nitrogens is 2. The minimum atomic E-state index is -5.00. The van der Waals surface area contributed by atoms with Crippen LogP contribution in [-0.2, 0) is 4.79 Å². The Balaban J connectivity index is 0.000000605. The first kappa shape index (κ1) is 26.5. The highest BCUT2D eigenvalue weighted by Gasteiger charge is 2.23. The number of rotatable bonds is 4. The second kappa shape index (κ2) is 12.3. The van der Waals surface area contributed by atoms with E-state index in [0.29, 0.717) is 16.7 Å². The second-order valence-electron chi connectivity index (χ2n) is 6.52. The average molecular weight is 450 g/mol. The predicted octanol–water partition coefficient (Wildman–Crippen LogP) is 4.91. The molecule has 0 unspecified atom stereocenters. The molecule has 1 fully saturated rings. The maximum Gasteiger partial charge on any atom is 0.519 e. The van der Waals surface area contributed by atoms with Gasteiger partial charge in [-0.3, -0.25) is 4.79 Å². The lowest BCUT2D eigenvalue weighted by Gasteiger charge is -2.29. The Kier molecular flexibility index (Phi) is 10.5. The zero-order chi connectivity index (χ0) is 23.6. The number of carbonyl (C=O) groups is 1. The van der Waals surface area contributed by atoms with Gasteiger partial charge in [-0.05, 0) is 38.3 Å². The van der Waals surface area contributed by atoms with Crippen LogP contribution in [0.3, 0.4) is 0 Å². The molecule has 1 aliphatic heterocycles. The molecule has 1 aromatic heterocycles. The van der Waals surface area contributed by atoms with Crippen LogP contribution >= 0.6 is 0 Å². The molecule has 2 aromatic rings. The van der Waals surface area contributed by atoms with Crippen LogP contribution < -0.4 is 5.32 Å². The van der Waals surface area contributed by atoms with Crippen LogP contribution in [0.15, 0.2) is 24.5 Å². The van der Waals surface area contributed by atoms with Crippen molar-refractivity contribution < 1.29 is 31.9 Å². The summed E-state index contributed by atoms with van der Waals surface area (Å²) >= 11 is 0. The fourth-order valence-corrected chi connectivity index (χ4v) is 2.98. The van der Waals surface area contributed by atoms with Gasteiger partial charge in [0.2, 0.25) is 5.91 Å². The van der Waals surface area contributed by atoms with Crippen LogP contribution in [0.1, 0.15) is 52.0 Å². The minimum absolute atomic E-state index is 0.0330. The summed E-state index contributed by atoms with van der Waals surface area (Å²) in [5.74, 6) is 0.518. The van der Waals surface area contributed by atoms with Gasteiger partial charge in [0.1, 0.15) is 18.2 Å². The molecular formula is C20H27F5N4O2. The van der Waals surface area contributed by atoms with Gasteiger partial charge in [0, 0.05) is 24.0 Å². The summed E-state index contributed by atoms with van der Waals surface area (Å²) in [5.41, 5.74) is 0.354. The molecule has 1 saturated heterocycles. The minimum Gasteiger partial charge on any atom is -0.358 e. The van der Waals surface area contributed by atoms with Crippen LogP contribution in [0, 0.1) is 0 Å². The molecule has 31 heavy (non-hydrogen) atoms. The Morgan fingerprint density at radius 2 is 1.71 bits per heavy atom. The molecule has 1 atom stereocenters. The van der Waals surface area contributed by atoms with Crippen molar-refractivity contribution >= 4 is 22.6 Å². The number of anilines is 1. The zero-order valence-corrected chi connectivity index (χ0v) is 17.6. The van der Waals surface area contributed by atoms with Crippen molar-refractivity contribution in [2.45, 2.75) is 58.9 Å². The number of hydrogen-bond donors (Lipinski definition) is 2. The molecular weight excluding hydrogens is 423 g/mol. The smallest absolute Gasteiger partial charge is 0.358 e. The van der Waals surface area contributed by atoms with Gasteiger partial charge in [-0.25, -0.2) is 18.7 Å². The highest BCUT2D eigenvalue weighted by molar-refractivity contribution is 5.92. The average Bonchev–Trinajstić information content (AvgIpc) is 2.74. The van der Waals surface area contributed by atoms with Gasteiger partial charge >= 0.3 is 6.36 Å². The lowest BCUT2D eigenvalue weighted by molar-refractivity contribution is -0.295. The van der Waals surface area contributed by atoms with E-state index in [0.717, 1.165) is 32.4 Å². The van der Waals surface area contributed by atoms with Crippen molar-refractivity contribution in [2.24, 2.45) is 0 Å². The normalized spacial score (nSPS) is 14.8. The number of amides is 1. The molecule has 11 heteroatoms. The van der Waals surface area contributed by atoms with Gasteiger partial charge < -0.3 is 15.3 Å². The SMILES string of the molecule is CC.C[C@@H](Nc1ncnc2cc(C(F)F)ccc12)C(=O)N1CCCCC1.OC(F)(F)F. The van der Waals surface area contributed by atoms with E-state index in [-0.39, 0.29) is 11.5 Å². The lowest BCUT2D eigenvalue weighted by atomic mass is 10.1. The largest absolute Gasteiger partial charge is 0.519 e. The first-order chi connectivity index (χ1) is 14.6. The van der Waals surface area contributed by atoms with Crippen molar-refractivity contribution in [2.75, 3.05) is 18.4 Å². The van der Waals surface area contributed by atoms with Crippen molar-refractivity contribution in [1.82, 2.24) is 14.9 Å². The van der Waals surface area contributed by atoms with Crippen molar-refractivity contribution in [1.29, 1.82) is 0 Å². The second-order valence-corrected chi connectivity index (χ2v) is 6.52. The Hall–Kier alpha value is -2.56. The standard InChI is InChI=1S/C17H20F2N4O.C2H6.CHF3O/c1-11(17(24)23-7-3-2-4-8-23)22-16-13-6-5-12(15(18)19)9-14(13)20-10-21-16;1-2;2-1(3,4)5/h5-6,9-11,15H,2-4,7-8H2,1H3,(H,20,21,22);1-2H3;5H/t11-;;/m1../s1. The van der Waals surface area contributed by atoms with E-state index in [1.807, 2.05) is 18.7 Å². The molecule has 1 aliphatic rings. The lowest BCUT2D eigenvalue weighted by Crippen LogP contribution is -2.44. The number of halogens is 5. The number of alkyl halides is 5. The number of hydrogen-bond acceptors (Lipinski definition) is 5. The zero-order valence-electron chi connectivity index (χ0n) is 17.6. The molecule has 2 N–H and O–H groups in total. The van der Waals surface area contributed by atoms with E-state index in [9.17, 15) is 26.7 Å². The van der Waals surface area contributed by atoms with Crippen molar-refractivity contribution in [3.05, 3.63) is 30.1 Å². The van der Waals surface area contributed by atoms with Crippen LogP contribution in [0.5, 0.6) is 0 Å². The molecule has 0 radical (unpaired) electrons. The summed E-state index contributed by atoms with van der Waals surface area (Å²) in [6.45, 7) is 7.36. The van der Waals surface area contributed by atoms with Crippen molar-refractivity contribution in [3.63, 3.8) is 0 Å². The topological polar surface area (TPSA) is 78.4 Å². The molecule has 0 bridgehead atoms. The number of aliphatic hydroxyl groups is 1. The first-order valence-corrected chi connectivity index (χ1v) is 9.93. The summed E-state index contributed by atoms with van der Waals surface area (Å²) < 4.78 is 55.3.